The fourth-order valence-corrected chi connectivity index (χ4v) is 3.12. The van der Waals surface area contributed by atoms with Crippen LogP contribution in [0.5, 0.6) is 23.0 Å². The number of methoxy groups -OCH3 is 3. The van der Waals surface area contributed by atoms with Crippen LogP contribution < -0.4 is 18.9 Å². The van der Waals surface area contributed by atoms with Gasteiger partial charge in [0.05, 0.1) is 38.0 Å². The highest BCUT2D eigenvalue weighted by atomic mass is 19.4. The Morgan fingerprint density at radius 1 is 0.667 bits per heavy atom. The van der Waals surface area contributed by atoms with E-state index in [1.54, 1.807) is 12.1 Å². The van der Waals surface area contributed by atoms with Crippen molar-refractivity contribution >= 4 is 0 Å². The van der Waals surface area contributed by atoms with Crippen molar-refractivity contribution in [3.63, 3.8) is 0 Å². The third kappa shape index (κ3) is 5.10. The molecule has 0 saturated heterocycles. The minimum atomic E-state index is -4.95. The van der Waals surface area contributed by atoms with Crippen LogP contribution in [-0.4, -0.2) is 21.3 Å². The molecule has 3 aromatic rings. The van der Waals surface area contributed by atoms with Gasteiger partial charge in [0, 0.05) is 18.2 Å². The Morgan fingerprint density at radius 2 is 1.24 bits per heavy atom. The normalized spacial score (nSPS) is 11.8. The molecule has 33 heavy (non-hydrogen) atoms. The lowest BCUT2D eigenvalue weighted by Crippen LogP contribution is -2.22. The SMILES string of the molecule is COc1cc(OC)c(-c2ccc(C(F)(F)Oc3ccc(C(F)(F)F)c(F)c3)cc2)c(OC)c1. The van der Waals surface area contributed by atoms with E-state index in [4.69, 9.17) is 14.2 Å². The van der Waals surface area contributed by atoms with Gasteiger partial charge in [-0.1, -0.05) is 12.1 Å². The first-order valence-electron chi connectivity index (χ1n) is 9.34. The van der Waals surface area contributed by atoms with E-state index in [2.05, 4.69) is 4.74 Å². The third-order valence-electron chi connectivity index (χ3n) is 4.72. The maximum absolute atomic E-state index is 14.6. The fourth-order valence-electron chi connectivity index (χ4n) is 3.12. The molecule has 0 saturated carbocycles. The maximum atomic E-state index is 14.6. The molecule has 4 nitrogen and oxygen atoms in total. The Morgan fingerprint density at radius 3 is 1.70 bits per heavy atom. The van der Waals surface area contributed by atoms with E-state index in [1.165, 1.54) is 33.5 Å². The van der Waals surface area contributed by atoms with Crippen molar-refractivity contribution in [2.45, 2.75) is 12.3 Å². The number of halogens is 6. The van der Waals surface area contributed by atoms with Gasteiger partial charge in [0.25, 0.3) is 0 Å². The molecule has 0 fully saturated rings. The van der Waals surface area contributed by atoms with E-state index in [9.17, 15) is 26.3 Å². The molecule has 0 spiro atoms. The standard InChI is InChI=1S/C23H18F6O4/c1-30-16-11-19(31-2)21(20(12-16)32-3)13-4-6-14(7-5-13)23(28,29)33-15-8-9-17(18(24)10-15)22(25,26)27/h4-12H,1-3H3. The van der Waals surface area contributed by atoms with Crippen LogP contribution in [0.1, 0.15) is 11.1 Å². The lowest BCUT2D eigenvalue weighted by Gasteiger charge is -2.20. The molecule has 0 aliphatic carbocycles. The lowest BCUT2D eigenvalue weighted by atomic mass is 10.0. The van der Waals surface area contributed by atoms with Crippen molar-refractivity contribution in [1.82, 2.24) is 0 Å². The minimum absolute atomic E-state index is 0.262. The van der Waals surface area contributed by atoms with Crippen molar-refractivity contribution in [1.29, 1.82) is 0 Å². The highest BCUT2D eigenvalue weighted by Gasteiger charge is 2.37. The molecule has 0 unspecified atom stereocenters. The highest BCUT2D eigenvalue weighted by Crippen LogP contribution is 2.43. The Kier molecular flexibility index (Phi) is 6.66. The molecular weight excluding hydrogens is 454 g/mol. The quantitative estimate of drug-likeness (QED) is 0.360. The molecule has 0 N–H and O–H groups in total. The maximum Gasteiger partial charge on any atom is 0.426 e. The van der Waals surface area contributed by atoms with E-state index in [0.717, 1.165) is 12.1 Å². The van der Waals surface area contributed by atoms with Crippen molar-refractivity contribution in [2.75, 3.05) is 21.3 Å². The van der Waals surface area contributed by atoms with Crippen molar-refractivity contribution in [3.05, 3.63) is 71.5 Å². The highest BCUT2D eigenvalue weighted by molar-refractivity contribution is 5.78. The number of alkyl halides is 5. The zero-order valence-electron chi connectivity index (χ0n) is 17.6. The average Bonchev–Trinajstić information content (AvgIpc) is 2.77. The summed E-state index contributed by atoms with van der Waals surface area (Å²) in [6.07, 6.45) is -8.90. The Bertz CT molecular complexity index is 1100. The van der Waals surface area contributed by atoms with Crippen LogP contribution in [0.3, 0.4) is 0 Å². The van der Waals surface area contributed by atoms with Crippen LogP contribution in [0.25, 0.3) is 11.1 Å². The van der Waals surface area contributed by atoms with Crippen LogP contribution in [0.2, 0.25) is 0 Å². The molecule has 0 radical (unpaired) electrons. The van der Waals surface area contributed by atoms with E-state index < -0.39 is 35.0 Å². The van der Waals surface area contributed by atoms with Gasteiger partial charge in [-0.05, 0) is 29.8 Å². The van der Waals surface area contributed by atoms with Crippen LogP contribution in [-0.2, 0) is 12.3 Å². The summed E-state index contributed by atoms with van der Waals surface area (Å²) in [6, 6.07) is 9.30. The van der Waals surface area contributed by atoms with Gasteiger partial charge in [-0.15, -0.1) is 0 Å². The molecule has 0 aliphatic heterocycles. The summed E-state index contributed by atoms with van der Waals surface area (Å²) < 4.78 is 101. The first-order chi connectivity index (χ1) is 15.5. The predicted octanol–water partition coefficient (Wildman–Crippen LogP) is 6.67. The molecule has 0 aliphatic rings. The van der Waals surface area contributed by atoms with E-state index in [0.29, 0.717) is 40.5 Å². The molecule has 0 heterocycles. The largest absolute Gasteiger partial charge is 0.496 e. The number of rotatable bonds is 7. The predicted molar refractivity (Wildman–Crippen MR) is 107 cm³/mol. The van der Waals surface area contributed by atoms with E-state index in [-0.39, 0.29) is 6.07 Å². The van der Waals surface area contributed by atoms with Crippen molar-refractivity contribution in [2.24, 2.45) is 0 Å². The second-order valence-corrected chi connectivity index (χ2v) is 6.74. The van der Waals surface area contributed by atoms with Crippen molar-refractivity contribution < 1.29 is 45.3 Å². The second kappa shape index (κ2) is 9.13. The molecule has 3 rings (SSSR count). The van der Waals surface area contributed by atoms with E-state index >= 15 is 0 Å². The van der Waals surface area contributed by atoms with Gasteiger partial charge >= 0.3 is 12.3 Å². The molecule has 0 amide bonds. The Balaban J connectivity index is 1.90. The molecule has 10 heteroatoms. The lowest BCUT2D eigenvalue weighted by molar-refractivity contribution is -0.185. The summed E-state index contributed by atoms with van der Waals surface area (Å²) in [5.74, 6) is -1.25. The van der Waals surface area contributed by atoms with Crippen LogP contribution >= 0.6 is 0 Å². The van der Waals surface area contributed by atoms with Gasteiger partial charge in [-0.2, -0.15) is 22.0 Å². The van der Waals surface area contributed by atoms with Crippen LogP contribution in [0, 0.1) is 5.82 Å². The van der Waals surface area contributed by atoms with Gasteiger partial charge < -0.3 is 18.9 Å². The van der Waals surface area contributed by atoms with Gasteiger partial charge in [0.15, 0.2) is 0 Å². The topological polar surface area (TPSA) is 36.9 Å². The summed E-state index contributed by atoms with van der Waals surface area (Å²) in [4.78, 5) is 0. The second-order valence-electron chi connectivity index (χ2n) is 6.74. The molecule has 0 atom stereocenters. The first kappa shape index (κ1) is 24.1. The first-order valence-corrected chi connectivity index (χ1v) is 9.34. The fraction of sp³-hybridized carbons (Fsp3) is 0.217. The van der Waals surface area contributed by atoms with Crippen molar-refractivity contribution in [3.8, 4) is 34.1 Å². The Labute approximate surface area is 185 Å². The number of hydrogen-bond donors (Lipinski definition) is 0. The van der Waals surface area contributed by atoms with Gasteiger partial charge in [0.2, 0.25) is 0 Å². The third-order valence-corrected chi connectivity index (χ3v) is 4.72. The minimum Gasteiger partial charge on any atom is -0.496 e. The van der Waals surface area contributed by atoms with Gasteiger partial charge in [-0.3, -0.25) is 0 Å². The number of benzene rings is 3. The molecule has 176 valence electrons. The molecule has 0 bridgehead atoms. The summed E-state index contributed by atoms with van der Waals surface area (Å²) in [5.41, 5.74) is -1.21. The van der Waals surface area contributed by atoms with Crippen LogP contribution in [0.4, 0.5) is 26.3 Å². The zero-order chi connectivity index (χ0) is 24.4. The molecular formula is C23H18F6O4. The zero-order valence-corrected chi connectivity index (χ0v) is 17.6. The number of ether oxygens (including phenoxy) is 4. The smallest absolute Gasteiger partial charge is 0.426 e. The average molecular weight is 472 g/mol. The van der Waals surface area contributed by atoms with E-state index in [1.807, 2.05) is 0 Å². The summed E-state index contributed by atoms with van der Waals surface area (Å²) in [6.45, 7) is 0. The van der Waals surface area contributed by atoms with Gasteiger partial charge in [0.1, 0.15) is 28.8 Å². The summed E-state index contributed by atoms with van der Waals surface area (Å²) >= 11 is 0. The summed E-state index contributed by atoms with van der Waals surface area (Å²) in [7, 11) is 4.32. The Hall–Kier alpha value is -3.56. The molecule has 0 aromatic heterocycles. The van der Waals surface area contributed by atoms with Crippen LogP contribution in [0.15, 0.2) is 54.6 Å². The monoisotopic (exact) mass is 472 g/mol. The summed E-state index contributed by atoms with van der Waals surface area (Å²) in [5, 5.41) is 0. The number of hydrogen-bond acceptors (Lipinski definition) is 4. The van der Waals surface area contributed by atoms with Gasteiger partial charge in [-0.25, -0.2) is 4.39 Å². The molecule has 3 aromatic carbocycles.